The van der Waals surface area contributed by atoms with E-state index in [0.29, 0.717) is 26.5 Å². The first-order chi connectivity index (χ1) is 12.5. The topological polar surface area (TPSA) is 79.2 Å². The SMILES string of the molecule is C[C@H]1CCc2c(sc(NC(=O)COC(=O)c3ccccc3Br)c2C#N)C1. The second-order valence-corrected chi connectivity index (χ2v) is 8.23. The van der Waals surface area contributed by atoms with E-state index in [9.17, 15) is 14.9 Å². The van der Waals surface area contributed by atoms with Crippen LogP contribution < -0.4 is 5.32 Å². The molecule has 0 saturated carbocycles. The van der Waals surface area contributed by atoms with Gasteiger partial charge in [0.05, 0.1) is 11.1 Å². The predicted octanol–water partition coefficient (Wildman–Crippen LogP) is 4.30. The first-order valence-corrected chi connectivity index (χ1v) is 9.86. The molecule has 2 aromatic rings. The molecule has 134 valence electrons. The van der Waals surface area contributed by atoms with Gasteiger partial charge in [-0.1, -0.05) is 19.1 Å². The van der Waals surface area contributed by atoms with Gasteiger partial charge in [0, 0.05) is 9.35 Å². The lowest BCUT2D eigenvalue weighted by Gasteiger charge is -2.17. The van der Waals surface area contributed by atoms with Crippen molar-refractivity contribution >= 4 is 44.1 Å². The molecule has 0 spiro atoms. The van der Waals surface area contributed by atoms with E-state index in [1.165, 1.54) is 16.2 Å². The Morgan fingerprint density at radius 1 is 1.42 bits per heavy atom. The van der Waals surface area contributed by atoms with Crippen molar-refractivity contribution in [3.8, 4) is 6.07 Å². The third-order valence-corrected chi connectivity index (χ3v) is 6.17. The molecule has 26 heavy (non-hydrogen) atoms. The first-order valence-electron chi connectivity index (χ1n) is 8.25. The Morgan fingerprint density at radius 3 is 2.92 bits per heavy atom. The van der Waals surface area contributed by atoms with Gasteiger partial charge in [0.25, 0.3) is 5.91 Å². The van der Waals surface area contributed by atoms with Gasteiger partial charge in [-0.3, -0.25) is 4.79 Å². The lowest BCUT2D eigenvalue weighted by atomic mass is 9.89. The van der Waals surface area contributed by atoms with Crippen LogP contribution in [0.3, 0.4) is 0 Å². The zero-order valence-corrected chi connectivity index (χ0v) is 16.6. The summed E-state index contributed by atoms with van der Waals surface area (Å²) in [5.41, 5.74) is 1.96. The monoisotopic (exact) mass is 432 g/mol. The van der Waals surface area contributed by atoms with Crippen molar-refractivity contribution in [3.05, 3.63) is 50.3 Å². The normalized spacial score (nSPS) is 15.7. The maximum Gasteiger partial charge on any atom is 0.339 e. The van der Waals surface area contributed by atoms with E-state index >= 15 is 0 Å². The Kier molecular flexibility index (Phi) is 5.74. The van der Waals surface area contributed by atoms with Gasteiger partial charge in [-0.15, -0.1) is 11.3 Å². The van der Waals surface area contributed by atoms with Crippen LogP contribution in [0.1, 0.15) is 39.7 Å². The standard InChI is InChI=1S/C19H17BrN2O3S/c1-11-6-7-12-14(9-21)18(26-16(12)8-11)22-17(23)10-25-19(24)13-4-2-3-5-15(13)20/h2-5,11H,6-8,10H2,1H3,(H,22,23)/t11-/m0/s1. The molecule has 0 aliphatic heterocycles. The molecule has 3 rings (SSSR count). The molecule has 1 aromatic carbocycles. The molecule has 0 bridgehead atoms. The summed E-state index contributed by atoms with van der Waals surface area (Å²) in [6, 6.07) is 9.06. The van der Waals surface area contributed by atoms with Crippen LogP contribution in [0.15, 0.2) is 28.7 Å². The molecule has 1 heterocycles. The number of thiophene rings is 1. The number of anilines is 1. The molecular formula is C19H17BrN2O3S. The summed E-state index contributed by atoms with van der Waals surface area (Å²) in [7, 11) is 0. The number of hydrogen-bond acceptors (Lipinski definition) is 5. The number of rotatable bonds is 4. The molecule has 0 unspecified atom stereocenters. The second-order valence-electron chi connectivity index (χ2n) is 6.27. The van der Waals surface area contributed by atoms with E-state index in [0.717, 1.165) is 24.8 Å². The fourth-order valence-electron chi connectivity index (χ4n) is 2.96. The van der Waals surface area contributed by atoms with Gasteiger partial charge >= 0.3 is 5.97 Å². The van der Waals surface area contributed by atoms with Gasteiger partial charge in [-0.05, 0) is 58.8 Å². The zero-order chi connectivity index (χ0) is 18.7. The van der Waals surface area contributed by atoms with Crippen molar-refractivity contribution < 1.29 is 14.3 Å². The van der Waals surface area contributed by atoms with E-state index < -0.39 is 18.5 Å². The van der Waals surface area contributed by atoms with Gasteiger partial charge in [0.2, 0.25) is 0 Å². The second kappa shape index (κ2) is 8.02. The van der Waals surface area contributed by atoms with Crippen molar-refractivity contribution in [1.29, 1.82) is 5.26 Å². The Balaban J connectivity index is 1.65. The van der Waals surface area contributed by atoms with Gasteiger partial charge in [-0.2, -0.15) is 5.26 Å². The summed E-state index contributed by atoms with van der Waals surface area (Å²) >= 11 is 4.73. The smallest absolute Gasteiger partial charge is 0.339 e. The minimum absolute atomic E-state index is 0.360. The maximum atomic E-state index is 12.2. The summed E-state index contributed by atoms with van der Waals surface area (Å²) in [4.78, 5) is 25.4. The number of nitriles is 1. The van der Waals surface area contributed by atoms with Gasteiger partial charge in [-0.25, -0.2) is 4.79 Å². The lowest BCUT2D eigenvalue weighted by Crippen LogP contribution is -2.21. The molecule has 0 radical (unpaired) electrons. The number of nitrogens with one attached hydrogen (secondary N) is 1. The minimum atomic E-state index is -0.576. The number of ether oxygens (including phenoxy) is 1. The van der Waals surface area contributed by atoms with Gasteiger partial charge in [0.1, 0.15) is 11.1 Å². The Morgan fingerprint density at radius 2 is 2.19 bits per heavy atom. The van der Waals surface area contributed by atoms with Crippen LogP contribution >= 0.6 is 27.3 Å². The van der Waals surface area contributed by atoms with Crippen molar-refractivity contribution in [2.45, 2.75) is 26.2 Å². The number of esters is 1. The average Bonchev–Trinajstić information content (AvgIpc) is 2.95. The summed E-state index contributed by atoms with van der Waals surface area (Å²) in [6.45, 7) is 1.79. The molecule has 1 aliphatic rings. The molecular weight excluding hydrogens is 416 g/mol. The van der Waals surface area contributed by atoms with Crippen LogP contribution in [0.2, 0.25) is 0 Å². The van der Waals surface area contributed by atoms with Crippen LogP contribution in [0.5, 0.6) is 0 Å². The van der Waals surface area contributed by atoms with Crippen LogP contribution in [0, 0.1) is 17.2 Å². The summed E-state index contributed by atoms with van der Waals surface area (Å²) in [5, 5.41) is 12.7. The van der Waals surface area contributed by atoms with Crippen molar-refractivity contribution in [1.82, 2.24) is 0 Å². The number of carbonyl (C=O) groups excluding carboxylic acids is 2. The van der Waals surface area contributed by atoms with Crippen LogP contribution in [-0.4, -0.2) is 18.5 Å². The third kappa shape index (κ3) is 3.97. The molecule has 0 saturated heterocycles. The molecule has 5 nitrogen and oxygen atoms in total. The van der Waals surface area contributed by atoms with Crippen LogP contribution in [0.25, 0.3) is 0 Å². The lowest BCUT2D eigenvalue weighted by molar-refractivity contribution is -0.119. The van der Waals surface area contributed by atoms with E-state index in [4.69, 9.17) is 4.74 Å². The van der Waals surface area contributed by atoms with E-state index in [1.54, 1.807) is 24.3 Å². The van der Waals surface area contributed by atoms with Crippen molar-refractivity contribution in [2.24, 2.45) is 5.92 Å². The number of fused-ring (bicyclic) bond motifs is 1. The van der Waals surface area contributed by atoms with E-state index in [-0.39, 0.29) is 0 Å². The highest BCUT2D eigenvalue weighted by atomic mass is 79.9. The molecule has 1 aliphatic carbocycles. The quantitative estimate of drug-likeness (QED) is 0.730. The predicted molar refractivity (Wildman–Crippen MR) is 103 cm³/mol. The van der Waals surface area contributed by atoms with Gasteiger partial charge < -0.3 is 10.1 Å². The molecule has 0 fully saturated rings. The number of carbonyl (C=O) groups is 2. The van der Waals surface area contributed by atoms with Crippen molar-refractivity contribution in [2.75, 3.05) is 11.9 Å². The Bertz CT molecular complexity index is 901. The maximum absolute atomic E-state index is 12.2. The van der Waals surface area contributed by atoms with Crippen LogP contribution in [0.4, 0.5) is 5.00 Å². The number of halogens is 1. The summed E-state index contributed by atoms with van der Waals surface area (Å²) in [6.07, 6.45) is 2.85. The highest BCUT2D eigenvalue weighted by Crippen LogP contribution is 2.39. The fourth-order valence-corrected chi connectivity index (χ4v) is 4.78. The van der Waals surface area contributed by atoms with E-state index in [1.807, 2.05) is 0 Å². The largest absolute Gasteiger partial charge is 0.452 e. The summed E-state index contributed by atoms with van der Waals surface area (Å²) < 4.78 is 5.68. The molecule has 1 N–H and O–H groups in total. The van der Waals surface area contributed by atoms with Crippen LogP contribution in [-0.2, 0) is 22.4 Å². The number of hydrogen-bond donors (Lipinski definition) is 1. The fraction of sp³-hybridized carbons (Fsp3) is 0.316. The Labute approximate surface area is 164 Å². The van der Waals surface area contributed by atoms with Crippen molar-refractivity contribution in [3.63, 3.8) is 0 Å². The highest BCUT2D eigenvalue weighted by molar-refractivity contribution is 9.10. The Hall–Kier alpha value is -2.17. The summed E-state index contributed by atoms with van der Waals surface area (Å²) in [5.74, 6) is -0.442. The first kappa shape index (κ1) is 18.6. The number of amides is 1. The molecule has 1 aromatic heterocycles. The third-order valence-electron chi connectivity index (χ3n) is 4.30. The minimum Gasteiger partial charge on any atom is -0.452 e. The molecule has 7 heteroatoms. The molecule has 1 atom stereocenters. The van der Waals surface area contributed by atoms with E-state index in [2.05, 4.69) is 34.2 Å². The number of nitrogens with zero attached hydrogens (tertiary/aromatic N) is 1. The van der Waals surface area contributed by atoms with Gasteiger partial charge in [0.15, 0.2) is 6.61 Å². The zero-order valence-electron chi connectivity index (χ0n) is 14.2. The molecule has 1 amide bonds. The average molecular weight is 433 g/mol. The highest BCUT2D eigenvalue weighted by Gasteiger charge is 2.25. The number of benzene rings is 1.